The zero-order chi connectivity index (χ0) is 21.2. The van der Waals surface area contributed by atoms with Gasteiger partial charge in [-0.15, -0.1) is 0 Å². The molecule has 0 aromatic carbocycles. The Morgan fingerprint density at radius 3 is 1.15 bits per heavy atom. The third kappa shape index (κ3) is 32.0. The first-order valence-corrected chi connectivity index (χ1v) is 8.13. The quantitative estimate of drug-likeness (QED) is 0.253. The summed E-state index contributed by atoms with van der Waals surface area (Å²) >= 11 is 0. The molecule has 6 nitrogen and oxygen atoms in total. The van der Waals surface area contributed by atoms with Gasteiger partial charge < -0.3 is 37.0 Å². The van der Waals surface area contributed by atoms with Gasteiger partial charge in [0.25, 0.3) is 0 Å². The Labute approximate surface area is 171 Å². The van der Waals surface area contributed by atoms with Crippen LogP contribution in [-0.4, -0.2) is 75.2 Å². The molecule has 1 amide bonds. The van der Waals surface area contributed by atoms with Gasteiger partial charge in [-0.25, -0.2) is 0 Å². The highest BCUT2D eigenvalue weighted by Gasteiger charge is 2.08. The lowest BCUT2D eigenvalue weighted by Gasteiger charge is -2.26. The number of carbonyl (C=O) groups excluding carboxylic acids is 2. The van der Waals surface area contributed by atoms with Crippen LogP contribution < -0.4 is 23.2 Å². The van der Waals surface area contributed by atoms with Crippen LogP contribution in [-0.2, 0) is 9.59 Å². The SMILES string of the molecule is C=CC[N+](C)(C)CC=C.C=CC[N+](C)(C)CC=C.NC(=O)/C=C\C(=O)[O-].[Cl-]. The van der Waals surface area contributed by atoms with Crippen LogP contribution in [0.2, 0.25) is 0 Å². The topological polar surface area (TPSA) is 83.2 Å². The molecule has 27 heavy (non-hydrogen) atoms. The smallest absolute Gasteiger partial charge is 0.241 e. The number of rotatable bonds is 10. The Balaban J connectivity index is -0.000000145. The first-order chi connectivity index (χ1) is 11.9. The lowest BCUT2D eigenvalue weighted by atomic mass is 10.4. The van der Waals surface area contributed by atoms with Gasteiger partial charge in [0.2, 0.25) is 5.91 Å². The number of hydrogen-bond donors (Lipinski definition) is 1. The largest absolute Gasteiger partial charge is 1.00 e. The van der Waals surface area contributed by atoms with Crippen molar-refractivity contribution >= 4 is 11.9 Å². The fourth-order valence-corrected chi connectivity index (χ4v) is 1.70. The average Bonchev–Trinajstić information content (AvgIpc) is 2.46. The number of quaternary nitrogens is 2. The van der Waals surface area contributed by atoms with Gasteiger partial charge in [-0.05, 0) is 30.4 Å². The second-order valence-electron chi connectivity index (χ2n) is 6.81. The predicted octanol–water partition coefficient (Wildman–Crippen LogP) is -2.35. The van der Waals surface area contributed by atoms with E-state index in [1.807, 2.05) is 24.3 Å². The van der Waals surface area contributed by atoms with E-state index in [1.54, 1.807) is 0 Å². The molecular formula is C20H36ClN3O3. The summed E-state index contributed by atoms with van der Waals surface area (Å²) in [6, 6.07) is 0. The monoisotopic (exact) mass is 401 g/mol. The van der Waals surface area contributed by atoms with Crippen LogP contribution in [0.15, 0.2) is 62.8 Å². The van der Waals surface area contributed by atoms with Gasteiger partial charge in [-0.2, -0.15) is 0 Å². The molecule has 0 aliphatic heterocycles. The molecule has 0 aliphatic carbocycles. The van der Waals surface area contributed by atoms with E-state index < -0.39 is 11.9 Å². The van der Waals surface area contributed by atoms with E-state index in [0.29, 0.717) is 6.08 Å². The van der Waals surface area contributed by atoms with Gasteiger partial charge in [0.15, 0.2) is 0 Å². The van der Waals surface area contributed by atoms with E-state index in [0.717, 1.165) is 41.2 Å². The first-order valence-electron chi connectivity index (χ1n) is 8.13. The number of aliphatic carboxylic acids is 1. The fraction of sp³-hybridized carbons (Fsp3) is 0.400. The molecule has 2 N–H and O–H groups in total. The molecule has 0 fully saturated rings. The van der Waals surface area contributed by atoms with E-state index in [1.165, 1.54) is 0 Å². The molecule has 0 spiro atoms. The number of amides is 1. The minimum atomic E-state index is -1.43. The van der Waals surface area contributed by atoms with Crippen molar-refractivity contribution in [3.63, 3.8) is 0 Å². The van der Waals surface area contributed by atoms with Crippen LogP contribution >= 0.6 is 0 Å². The Morgan fingerprint density at radius 2 is 1.04 bits per heavy atom. The van der Waals surface area contributed by atoms with Gasteiger partial charge >= 0.3 is 0 Å². The molecule has 0 unspecified atom stereocenters. The van der Waals surface area contributed by atoms with Crippen molar-refractivity contribution in [2.24, 2.45) is 5.73 Å². The Kier molecular flexibility index (Phi) is 22.4. The van der Waals surface area contributed by atoms with Crippen molar-refractivity contribution in [2.75, 3.05) is 54.4 Å². The summed E-state index contributed by atoms with van der Waals surface area (Å²) in [7, 11) is 8.62. The van der Waals surface area contributed by atoms with E-state index >= 15 is 0 Å². The van der Waals surface area contributed by atoms with Gasteiger partial charge in [0.1, 0.15) is 0 Å². The molecule has 0 heterocycles. The number of primary amides is 1. The third-order valence-corrected chi connectivity index (χ3v) is 2.88. The summed E-state index contributed by atoms with van der Waals surface area (Å²) in [5.41, 5.74) is 4.52. The van der Waals surface area contributed by atoms with Crippen molar-refractivity contribution in [3.05, 3.63) is 62.8 Å². The predicted molar refractivity (Wildman–Crippen MR) is 108 cm³/mol. The summed E-state index contributed by atoms with van der Waals surface area (Å²) in [5, 5.41) is 9.50. The van der Waals surface area contributed by atoms with E-state index in [-0.39, 0.29) is 12.4 Å². The van der Waals surface area contributed by atoms with Gasteiger partial charge in [-0.1, -0.05) is 26.3 Å². The lowest BCUT2D eigenvalue weighted by molar-refractivity contribution is -0.878. The minimum absolute atomic E-state index is 0. The lowest BCUT2D eigenvalue weighted by Crippen LogP contribution is -3.00. The maximum Gasteiger partial charge on any atom is 0.241 e. The highest BCUT2D eigenvalue weighted by Crippen LogP contribution is 1.95. The molecule has 0 rings (SSSR count). The van der Waals surface area contributed by atoms with Crippen LogP contribution in [0.1, 0.15) is 0 Å². The Hall–Kier alpha value is -2.15. The van der Waals surface area contributed by atoms with E-state index in [9.17, 15) is 14.7 Å². The summed E-state index contributed by atoms with van der Waals surface area (Å²) in [6.45, 7) is 18.7. The van der Waals surface area contributed by atoms with Crippen molar-refractivity contribution in [3.8, 4) is 0 Å². The summed E-state index contributed by atoms with van der Waals surface area (Å²) in [5.74, 6) is -2.22. The zero-order valence-electron chi connectivity index (χ0n) is 17.2. The van der Waals surface area contributed by atoms with Crippen LogP contribution in [0.3, 0.4) is 0 Å². The average molecular weight is 402 g/mol. The summed E-state index contributed by atoms with van der Waals surface area (Å²) < 4.78 is 1.90. The third-order valence-electron chi connectivity index (χ3n) is 2.88. The maximum atomic E-state index is 9.75. The fourth-order valence-electron chi connectivity index (χ4n) is 1.70. The van der Waals surface area contributed by atoms with Gasteiger partial charge in [0.05, 0.1) is 60.3 Å². The second-order valence-corrected chi connectivity index (χ2v) is 6.81. The maximum absolute atomic E-state index is 9.75. The Morgan fingerprint density at radius 1 is 0.778 bits per heavy atom. The van der Waals surface area contributed by atoms with Crippen LogP contribution in [0.25, 0.3) is 0 Å². The summed E-state index contributed by atoms with van der Waals surface area (Å²) in [4.78, 5) is 19.2. The molecule has 0 aliphatic rings. The van der Waals surface area contributed by atoms with Crippen molar-refractivity contribution in [1.82, 2.24) is 0 Å². The molecule has 0 bridgehead atoms. The van der Waals surface area contributed by atoms with Crippen LogP contribution in [0, 0.1) is 0 Å². The number of nitrogens with two attached hydrogens (primary N) is 1. The number of nitrogens with zero attached hydrogens (tertiary/aromatic N) is 2. The van der Waals surface area contributed by atoms with E-state index in [4.69, 9.17) is 0 Å². The number of carbonyl (C=O) groups is 2. The highest BCUT2D eigenvalue weighted by atomic mass is 35.5. The zero-order valence-corrected chi connectivity index (χ0v) is 18.0. The molecule has 0 atom stereocenters. The molecule has 0 saturated heterocycles. The summed E-state index contributed by atoms with van der Waals surface area (Å²) in [6.07, 6.45) is 9.03. The number of halogens is 1. The molecule has 0 radical (unpaired) electrons. The van der Waals surface area contributed by atoms with E-state index in [2.05, 4.69) is 60.2 Å². The molecule has 156 valence electrons. The number of hydrogen-bond acceptors (Lipinski definition) is 3. The van der Waals surface area contributed by atoms with Crippen molar-refractivity contribution < 1.29 is 36.1 Å². The first kappa shape index (κ1) is 32.5. The molecule has 0 aromatic rings. The second kappa shape index (κ2) is 18.6. The van der Waals surface area contributed by atoms with Crippen LogP contribution in [0.4, 0.5) is 0 Å². The highest BCUT2D eigenvalue weighted by molar-refractivity contribution is 5.92. The number of carboxylic acids is 1. The molecule has 0 saturated carbocycles. The molecular weight excluding hydrogens is 366 g/mol. The molecule has 7 heteroatoms. The normalized spacial score (nSPS) is 10.1. The van der Waals surface area contributed by atoms with Crippen molar-refractivity contribution in [2.45, 2.75) is 0 Å². The number of likely N-dealkylation sites (N-methyl/N-ethyl adjacent to an activating group) is 2. The van der Waals surface area contributed by atoms with Crippen molar-refractivity contribution in [1.29, 1.82) is 0 Å². The van der Waals surface area contributed by atoms with Crippen LogP contribution in [0.5, 0.6) is 0 Å². The standard InChI is InChI=1S/2C8H16N.C4H5NO3.ClH/c2*1-5-7-9(3,4)8-6-2;5-3(6)1-2-4(7)8;/h2*5-6H,1-2,7-8H2,3-4H3;1-2H,(H2,5,6)(H,7,8);1H/q2*+1;;/p-2/b;;2-1-;. The van der Waals surface area contributed by atoms with Gasteiger partial charge in [-0.3, -0.25) is 4.79 Å². The molecule has 0 aromatic heterocycles. The Bertz CT molecular complexity index is 431. The van der Waals surface area contributed by atoms with Gasteiger partial charge in [0, 0.05) is 6.08 Å². The number of carboxylic acid groups (broad SMARTS) is 1. The minimum Gasteiger partial charge on any atom is -1.00 e.